The molecule has 6 heteroatoms. The van der Waals surface area contributed by atoms with Gasteiger partial charge in [0, 0.05) is 37.7 Å². The molecule has 1 aliphatic heterocycles. The van der Waals surface area contributed by atoms with Crippen LogP contribution in [0.3, 0.4) is 0 Å². The van der Waals surface area contributed by atoms with E-state index in [1.54, 1.807) is 6.07 Å². The van der Waals surface area contributed by atoms with Crippen molar-refractivity contribution in [3.8, 4) is 6.07 Å². The van der Waals surface area contributed by atoms with E-state index < -0.39 is 0 Å². The zero-order chi connectivity index (χ0) is 15.4. The number of rotatable bonds is 3. The maximum Gasteiger partial charge on any atom is 0.163 e. The first-order valence-corrected chi connectivity index (χ1v) is 7.58. The smallest absolute Gasteiger partial charge is 0.163 e. The summed E-state index contributed by atoms with van der Waals surface area (Å²) in [4.78, 5) is 4.58. The summed E-state index contributed by atoms with van der Waals surface area (Å²) < 4.78 is 0. The molecular formula is C16H16ClN5. The fourth-order valence-corrected chi connectivity index (χ4v) is 2.75. The van der Waals surface area contributed by atoms with Crippen molar-refractivity contribution in [1.29, 1.82) is 5.26 Å². The number of anilines is 1. The largest absolute Gasteiger partial charge is 0.353 e. The molecule has 0 bridgehead atoms. The van der Waals surface area contributed by atoms with Crippen LogP contribution in [0.1, 0.15) is 11.3 Å². The van der Waals surface area contributed by atoms with Crippen LogP contribution in [0.4, 0.5) is 5.82 Å². The Labute approximate surface area is 134 Å². The van der Waals surface area contributed by atoms with Crippen LogP contribution < -0.4 is 4.90 Å². The SMILES string of the molecule is N#Cc1ccc(N2CCN(Cc3ccccc3Cl)CC2)nn1. The third kappa shape index (κ3) is 3.35. The summed E-state index contributed by atoms with van der Waals surface area (Å²) in [6.07, 6.45) is 0. The van der Waals surface area contributed by atoms with Crippen LogP contribution in [0.2, 0.25) is 5.02 Å². The lowest BCUT2D eigenvalue weighted by Gasteiger charge is -2.35. The molecule has 3 rings (SSSR count). The number of nitriles is 1. The molecular weight excluding hydrogens is 298 g/mol. The lowest BCUT2D eigenvalue weighted by molar-refractivity contribution is 0.249. The third-order valence-corrected chi connectivity index (χ3v) is 4.18. The van der Waals surface area contributed by atoms with Crippen LogP contribution in [0, 0.1) is 11.3 Å². The van der Waals surface area contributed by atoms with Crippen molar-refractivity contribution in [3.05, 3.63) is 52.7 Å². The van der Waals surface area contributed by atoms with Crippen molar-refractivity contribution in [2.45, 2.75) is 6.54 Å². The van der Waals surface area contributed by atoms with Gasteiger partial charge >= 0.3 is 0 Å². The van der Waals surface area contributed by atoms with Crippen LogP contribution in [0.5, 0.6) is 0 Å². The summed E-state index contributed by atoms with van der Waals surface area (Å²) >= 11 is 6.21. The van der Waals surface area contributed by atoms with Gasteiger partial charge in [-0.25, -0.2) is 0 Å². The highest BCUT2D eigenvalue weighted by atomic mass is 35.5. The molecule has 0 aliphatic carbocycles. The molecule has 0 saturated carbocycles. The van der Waals surface area contributed by atoms with E-state index >= 15 is 0 Å². The molecule has 1 aromatic carbocycles. The average molecular weight is 314 g/mol. The normalized spacial score (nSPS) is 15.5. The second-order valence-electron chi connectivity index (χ2n) is 5.24. The molecule has 0 radical (unpaired) electrons. The van der Waals surface area contributed by atoms with Gasteiger partial charge in [-0.2, -0.15) is 5.26 Å². The second-order valence-corrected chi connectivity index (χ2v) is 5.65. The van der Waals surface area contributed by atoms with Crippen LogP contribution >= 0.6 is 11.6 Å². The van der Waals surface area contributed by atoms with Gasteiger partial charge in [0.1, 0.15) is 6.07 Å². The van der Waals surface area contributed by atoms with Gasteiger partial charge in [-0.1, -0.05) is 29.8 Å². The number of hydrogen-bond donors (Lipinski definition) is 0. The molecule has 22 heavy (non-hydrogen) atoms. The average Bonchev–Trinajstić information content (AvgIpc) is 2.58. The van der Waals surface area contributed by atoms with E-state index in [1.807, 2.05) is 30.3 Å². The first-order chi connectivity index (χ1) is 10.8. The van der Waals surface area contributed by atoms with Gasteiger partial charge in [0.25, 0.3) is 0 Å². The predicted molar refractivity (Wildman–Crippen MR) is 85.7 cm³/mol. The number of piperazine rings is 1. The Morgan fingerprint density at radius 1 is 1.05 bits per heavy atom. The standard InChI is InChI=1S/C16H16ClN5/c17-15-4-2-1-3-13(15)12-21-7-9-22(10-8-21)16-6-5-14(11-18)19-20-16/h1-6H,7-10,12H2. The Bertz CT molecular complexity index is 672. The quantitative estimate of drug-likeness (QED) is 0.870. The van der Waals surface area contributed by atoms with Crippen LogP contribution in [0.15, 0.2) is 36.4 Å². The van der Waals surface area contributed by atoms with Gasteiger partial charge in [0.2, 0.25) is 0 Å². The van der Waals surface area contributed by atoms with Crippen molar-refractivity contribution in [2.75, 3.05) is 31.1 Å². The van der Waals surface area contributed by atoms with E-state index in [-0.39, 0.29) is 0 Å². The maximum absolute atomic E-state index is 8.75. The lowest BCUT2D eigenvalue weighted by Crippen LogP contribution is -2.46. The Morgan fingerprint density at radius 2 is 1.82 bits per heavy atom. The van der Waals surface area contributed by atoms with E-state index in [1.165, 1.54) is 0 Å². The Hall–Kier alpha value is -2.16. The van der Waals surface area contributed by atoms with E-state index in [4.69, 9.17) is 16.9 Å². The van der Waals surface area contributed by atoms with Crippen LogP contribution in [-0.4, -0.2) is 41.3 Å². The van der Waals surface area contributed by atoms with Crippen LogP contribution in [-0.2, 0) is 6.54 Å². The summed E-state index contributed by atoms with van der Waals surface area (Å²) in [6.45, 7) is 4.56. The molecule has 2 heterocycles. The summed E-state index contributed by atoms with van der Waals surface area (Å²) in [5.41, 5.74) is 1.51. The van der Waals surface area contributed by atoms with Gasteiger partial charge in [-0.15, -0.1) is 10.2 Å². The molecule has 0 unspecified atom stereocenters. The van der Waals surface area contributed by atoms with Crippen molar-refractivity contribution in [2.24, 2.45) is 0 Å². The Balaban J connectivity index is 1.58. The Morgan fingerprint density at radius 3 is 2.45 bits per heavy atom. The second kappa shape index (κ2) is 6.73. The predicted octanol–water partition coefficient (Wildman–Crippen LogP) is 2.32. The molecule has 0 atom stereocenters. The molecule has 1 aliphatic rings. The highest BCUT2D eigenvalue weighted by Gasteiger charge is 2.19. The zero-order valence-electron chi connectivity index (χ0n) is 12.1. The van der Waals surface area contributed by atoms with E-state index in [9.17, 15) is 0 Å². The summed E-state index contributed by atoms with van der Waals surface area (Å²) in [6, 6.07) is 13.5. The van der Waals surface area contributed by atoms with Gasteiger partial charge in [0.05, 0.1) is 0 Å². The topological polar surface area (TPSA) is 56.1 Å². The first-order valence-electron chi connectivity index (χ1n) is 7.21. The van der Waals surface area contributed by atoms with Gasteiger partial charge in [-0.3, -0.25) is 4.90 Å². The number of aromatic nitrogens is 2. The first kappa shape index (κ1) is 14.8. The lowest BCUT2D eigenvalue weighted by atomic mass is 10.2. The number of hydrogen-bond acceptors (Lipinski definition) is 5. The van der Waals surface area contributed by atoms with Crippen molar-refractivity contribution >= 4 is 17.4 Å². The van der Waals surface area contributed by atoms with Gasteiger partial charge in [0.15, 0.2) is 11.5 Å². The number of benzene rings is 1. The minimum absolute atomic E-state index is 0.348. The van der Waals surface area contributed by atoms with Gasteiger partial charge < -0.3 is 4.90 Å². The monoisotopic (exact) mass is 313 g/mol. The van der Waals surface area contributed by atoms with Crippen LogP contribution in [0.25, 0.3) is 0 Å². The minimum Gasteiger partial charge on any atom is -0.353 e. The molecule has 1 fully saturated rings. The Kier molecular flexibility index (Phi) is 4.52. The minimum atomic E-state index is 0.348. The number of nitrogens with zero attached hydrogens (tertiary/aromatic N) is 5. The van der Waals surface area contributed by atoms with E-state index in [0.29, 0.717) is 5.69 Å². The zero-order valence-corrected chi connectivity index (χ0v) is 12.9. The third-order valence-electron chi connectivity index (χ3n) is 3.81. The molecule has 0 spiro atoms. The summed E-state index contributed by atoms with van der Waals surface area (Å²) in [5, 5.41) is 17.6. The molecule has 112 valence electrons. The molecule has 0 amide bonds. The molecule has 2 aromatic rings. The van der Waals surface area contributed by atoms with Crippen molar-refractivity contribution in [3.63, 3.8) is 0 Å². The van der Waals surface area contributed by atoms with Crippen molar-refractivity contribution in [1.82, 2.24) is 15.1 Å². The number of halogens is 1. The highest BCUT2D eigenvalue weighted by Crippen LogP contribution is 2.19. The molecule has 1 saturated heterocycles. The van der Waals surface area contributed by atoms with E-state index in [0.717, 1.165) is 49.1 Å². The molecule has 1 aromatic heterocycles. The summed E-state index contributed by atoms with van der Waals surface area (Å²) in [5.74, 6) is 0.830. The van der Waals surface area contributed by atoms with Gasteiger partial charge in [-0.05, 0) is 23.8 Å². The van der Waals surface area contributed by atoms with Crippen molar-refractivity contribution < 1.29 is 0 Å². The highest BCUT2D eigenvalue weighted by molar-refractivity contribution is 6.31. The molecule has 5 nitrogen and oxygen atoms in total. The van der Waals surface area contributed by atoms with E-state index in [2.05, 4.69) is 26.1 Å². The molecule has 0 N–H and O–H groups in total. The maximum atomic E-state index is 8.75. The fourth-order valence-electron chi connectivity index (χ4n) is 2.56. The summed E-state index contributed by atoms with van der Waals surface area (Å²) in [7, 11) is 0. The fraction of sp³-hybridized carbons (Fsp3) is 0.312.